The third-order valence-electron chi connectivity index (χ3n) is 18.5. The van der Waals surface area contributed by atoms with Crippen molar-refractivity contribution in [2.24, 2.45) is 0 Å². The summed E-state index contributed by atoms with van der Waals surface area (Å²) in [4.78, 5) is 0. The van der Waals surface area contributed by atoms with Crippen LogP contribution in [0.1, 0.15) is 61.2 Å². The Labute approximate surface area is 610 Å². The van der Waals surface area contributed by atoms with Gasteiger partial charge in [-0.3, -0.25) is 13.6 Å². The third kappa shape index (κ3) is 21.2. The largest absolute Gasteiger partial charge is 0.476 e. The number of hydrogen-bond donors (Lipinski definition) is 0. The van der Waals surface area contributed by atoms with Gasteiger partial charge in [-0.25, -0.2) is 4.57 Å². The highest BCUT2D eigenvalue weighted by Gasteiger charge is 2.61. The Morgan fingerprint density at radius 3 is 0.413 bits per heavy atom. The molecule has 11 aromatic rings. The molecule has 0 radical (unpaired) electrons. The molecule has 0 heterocycles. The van der Waals surface area contributed by atoms with Gasteiger partial charge in [0.1, 0.15) is 73.2 Å². The second-order valence-corrected chi connectivity index (χ2v) is 27.5. The molecule has 0 N–H and O–H groups in total. The highest BCUT2D eigenvalue weighted by Crippen LogP contribution is 2.57. The van der Waals surface area contributed by atoms with E-state index in [1.165, 1.54) is 0 Å². The molecule has 14 nitrogen and oxygen atoms in total. The Balaban J connectivity index is 1.00. The van der Waals surface area contributed by atoms with Gasteiger partial charge >= 0.3 is 7.82 Å². The first-order chi connectivity index (χ1) is 51.4. The summed E-state index contributed by atoms with van der Waals surface area (Å²) in [5.41, 5.74) is 9.46. The zero-order valence-electron chi connectivity index (χ0n) is 58.1. The lowest BCUT2D eigenvalue weighted by Gasteiger charge is -2.51. The van der Waals surface area contributed by atoms with Crippen LogP contribution < -0.4 is 0 Å². The van der Waals surface area contributed by atoms with Crippen molar-refractivity contribution in [3.05, 3.63) is 395 Å². The van der Waals surface area contributed by atoms with Gasteiger partial charge in [0, 0.05) is 0 Å². The number of phosphoric acid groups is 1. The molecule has 13 rings (SSSR count). The van der Waals surface area contributed by atoms with Gasteiger partial charge in [0.15, 0.2) is 0 Å². The van der Waals surface area contributed by atoms with E-state index in [-0.39, 0.29) is 72.7 Å². The predicted octanol–water partition coefficient (Wildman–Crippen LogP) is 18.0. The Bertz CT molecular complexity index is 3780. The molecule has 11 aromatic carbocycles. The van der Waals surface area contributed by atoms with Crippen LogP contribution in [0.3, 0.4) is 0 Å². The maximum Gasteiger partial charge on any atom is 0.476 e. The Hall–Kier alpha value is -8.87. The van der Waals surface area contributed by atoms with Crippen LogP contribution in [-0.2, 0) is 138 Å². The molecule has 0 aliphatic heterocycles. The molecule has 12 atom stereocenters. The number of hydrogen-bond acceptors (Lipinski definition) is 14. The van der Waals surface area contributed by atoms with Crippen molar-refractivity contribution in [2.75, 3.05) is 0 Å². The van der Waals surface area contributed by atoms with Gasteiger partial charge in [-0.15, -0.1) is 0 Å². The minimum absolute atomic E-state index is 0.0532. The Kier molecular flexibility index (Phi) is 27.4. The van der Waals surface area contributed by atoms with Gasteiger partial charge in [0.05, 0.1) is 72.7 Å². The summed E-state index contributed by atoms with van der Waals surface area (Å²) in [5.74, 6) is 0. The summed E-state index contributed by atoms with van der Waals surface area (Å²) in [6.45, 7) is 0.713. The molecule has 4 unspecified atom stereocenters. The van der Waals surface area contributed by atoms with Crippen LogP contribution >= 0.6 is 7.82 Å². The topological polar surface area (TPSA) is 137 Å². The molecular weight excluding hydrogens is 1320 g/mol. The van der Waals surface area contributed by atoms with Crippen LogP contribution in [0.15, 0.2) is 334 Å². The van der Waals surface area contributed by atoms with Crippen molar-refractivity contribution in [1.82, 2.24) is 0 Å². The number of benzene rings is 11. The van der Waals surface area contributed by atoms with E-state index < -0.39 is 81.1 Å². The van der Waals surface area contributed by atoms with Crippen LogP contribution in [0.4, 0.5) is 0 Å². The fourth-order valence-electron chi connectivity index (χ4n) is 13.2. The quantitative estimate of drug-likeness (QED) is 0.0342. The van der Waals surface area contributed by atoms with E-state index >= 15 is 4.57 Å². The van der Waals surface area contributed by atoms with Crippen LogP contribution in [-0.4, -0.2) is 73.2 Å². The average molecular weight is 1410 g/mol. The number of rotatable bonds is 37. The molecule has 2 fully saturated rings. The smallest absolute Gasteiger partial charge is 0.368 e. The predicted molar refractivity (Wildman–Crippen MR) is 399 cm³/mol. The number of ether oxygens (including phenoxy) is 10. The van der Waals surface area contributed by atoms with Crippen LogP contribution in [0.25, 0.3) is 0 Å². The second kappa shape index (κ2) is 38.8. The third-order valence-corrected chi connectivity index (χ3v) is 19.9. The summed E-state index contributed by atoms with van der Waals surface area (Å²) < 4.78 is 114. The molecule has 15 heteroatoms. The van der Waals surface area contributed by atoms with Crippen LogP contribution in [0.5, 0.6) is 0 Å². The zero-order valence-corrected chi connectivity index (χ0v) is 59.0. The van der Waals surface area contributed by atoms with Crippen molar-refractivity contribution in [1.29, 1.82) is 0 Å². The fraction of sp³-hybridized carbons (Fsp3) is 0.258. The second-order valence-electron chi connectivity index (χ2n) is 26.0. The van der Waals surface area contributed by atoms with E-state index in [0.717, 1.165) is 55.6 Å². The standard InChI is InChI=1S/C89H89O14P/c90-104(101-66-77-54-32-11-33-55-77,102-88-84(97-62-73-46-24-7-25-47-73)80(93-58-69-38-16-3-17-39-69)78(91-56-67-34-12-1-13-35-67)81(94-59-70-40-18-4-19-41-70)85(88)98-63-74-48-26-8-27-49-74)103-89-86(99-64-75-50-28-9-29-51-75)82(95-60-71-42-20-5-21-43-71)79(92-57-68-36-14-2-15-37-68)83(96-61-72-44-22-6-23-45-72)87(89)100-65-76-52-30-10-31-53-76/h1-55,78-89H,56-66H2/t78?,79?,80-,81+,82-,83+,84-,85-,86-,87-,88?,89?,104?/m0/s1. The average Bonchev–Trinajstić information content (AvgIpc) is 0.750. The van der Waals surface area contributed by atoms with Crippen molar-refractivity contribution < 1.29 is 65.5 Å². The summed E-state index contributed by atoms with van der Waals surface area (Å²) in [6.07, 6.45) is -13.6. The molecule has 2 aliphatic rings. The molecule has 104 heavy (non-hydrogen) atoms. The molecule has 0 saturated heterocycles. The van der Waals surface area contributed by atoms with Gasteiger partial charge < -0.3 is 47.4 Å². The summed E-state index contributed by atoms with van der Waals surface area (Å²) in [6, 6.07) is 109. The first kappa shape index (κ1) is 73.4. The van der Waals surface area contributed by atoms with Gasteiger partial charge in [0.2, 0.25) is 0 Å². The highest BCUT2D eigenvalue weighted by atomic mass is 31.2. The molecule has 0 aromatic heterocycles. The molecular formula is C89H89O14P. The monoisotopic (exact) mass is 1410 g/mol. The lowest BCUT2D eigenvalue weighted by atomic mass is 9.83. The normalized spacial score (nSPS) is 22.3. The zero-order chi connectivity index (χ0) is 70.6. The summed E-state index contributed by atoms with van der Waals surface area (Å²) in [7, 11) is -5.26. The lowest BCUT2D eigenvalue weighted by Crippen LogP contribution is -2.68. The lowest BCUT2D eigenvalue weighted by molar-refractivity contribution is -0.288. The van der Waals surface area contributed by atoms with Gasteiger partial charge in [0.25, 0.3) is 0 Å². The van der Waals surface area contributed by atoms with E-state index in [0.29, 0.717) is 5.56 Å². The molecule has 0 amide bonds. The molecule has 0 bridgehead atoms. The maximum atomic E-state index is 18.0. The molecule has 2 aliphatic carbocycles. The van der Waals surface area contributed by atoms with Gasteiger partial charge in [-0.2, -0.15) is 0 Å². The first-order valence-corrected chi connectivity index (χ1v) is 37.1. The van der Waals surface area contributed by atoms with E-state index in [2.05, 4.69) is 0 Å². The first-order valence-electron chi connectivity index (χ1n) is 35.6. The fourth-order valence-corrected chi connectivity index (χ4v) is 14.7. The molecule has 534 valence electrons. The minimum atomic E-state index is -5.26. The Morgan fingerprint density at radius 2 is 0.279 bits per heavy atom. The van der Waals surface area contributed by atoms with Crippen LogP contribution in [0.2, 0.25) is 0 Å². The molecule has 2 saturated carbocycles. The van der Waals surface area contributed by atoms with E-state index in [1.54, 1.807) is 0 Å². The summed E-state index contributed by atoms with van der Waals surface area (Å²) >= 11 is 0. The van der Waals surface area contributed by atoms with Gasteiger partial charge in [-0.05, 0) is 61.2 Å². The van der Waals surface area contributed by atoms with E-state index in [1.807, 2.05) is 334 Å². The van der Waals surface area contributed by atoms with Crippen molar-refractivity contribution in [3.63, 3.8) is 0 Å². The summed E-state index contributed by atoms with van der Waals surface area (Å²) in [5, 5.41) is 0. The Morgan fingerprint density at radius 1 is 0.163 bits per heavy atom. The highest BCUT2D eigenvalue weighted by molar-refractivity contribution is 7.48. The van der Waals surface area contributed by atoms with E-state index in [9.17, 15) is 0 Å². The van der Waals surface area contributed by atoms with E-state index in [4.69, 9.17) is 60.9 Å². The van der Waals surface area contributed by atoms with Crippen molar-refractivity contribution in [3.8, 4) is 0 Å². The SMILES string of the molecule is O=P(OCc1ccccc1)(OC1[C@@H](OCc2ccccc2)[C@H](OCc2ccccc2)C(OCc2ccccc2)[C@H](OCc2ccccc2)[C@@H]1OCc1ccccc1)OC1[C@@H](OCc2ccccc2)[C@H](OCc2ccccc2)C(OCc2ccccc2)[C@H](OCc2ccccc2)[C@@H]1OCc1ccccc1. The maximum absolute atomic E-state index is 18.0. The van der Waals surface area contributed by atoms with Crippen molar-refractivity contribution >= 4 is 7.82 Å². The van der Waals surface area contributed by atoms with Crippen LogP contribution in [0, 0.1) is 0 Å². The van der Waals surface area contributed by atoms with Crippen molar-refractivity contribution in [2.45, 2.75) is 146 Å². The van der Waals surface area contributed by atoms with Gasteiger partial charge in [-0.1, -0.05) is 334 Å². The molecule has 0 spiro atoms. The number of phosphoric ester groups is 1. The minimum Gasteiger partial charge on any atom is -0.368 e.